The summed E-state index contributed by atoms with van der Waals surface area (Å²) in [5.74, 6) is 4.74. The van der Waals surface area contributed by atoms with Crippen molar-refractivity contribution in [3.8, 4) is 0 Å². The van der Waals surface area contributed by atoms with Gasteiger partial charge in [-0.05, 0) is 30.3 Å². The van der Waals surface area contributed by atoms with Gasteiger partial charge in [-0.2, -0.15) is 19.1 Å². The van der Waals surface area contributed by atoms with Gasteiger partial charge in [0.15, 0.2) is 0 Å². The molecule has 0 heterocycles. The molecule has 1 atom stereocenters. The van der Waals surface area contributed by atoms with Crippen LogP contribution in [0.4, 0.5) is 18.9 Å². The molecule has 182 valence electrons. The third-order valence-electron chi connectivity index (χ3n) is 4.19. The molecule has 1 amide bonds. The summed E-state index contributed by atoms with van der Waals surface area (Å²) in [6.45, 7) is 0. The summed E-state index contributed by atoms with van der Waals surface area (Å²) in [5.41, 5.74) is -5.83. The molecule has 2 aromatic carbocycles. The molecule has 33 heavy (non-hydrogen) atoms. The molecular formula is C19H22F3N3O5S3. The van der Waals surface area contributed by atoms with Crippen LogP contribution >= 0.6 is 23.8 Å². The molecule has 0 aliphatic carbocycles. The molecule has 8 nitrogen and oxygen atoms in total. The zero-order valence-corrected chi connectivity index (χ0v) is 20.0. The smallest absolute Gasteiger partial charge is 0.380 e. The van der Waals surface area contributed by atoms with Crippen molar-refractivity contribution >= 4 is 45.2 Å². The van der Waals surface area contributed by atoms with E-state index in [-0.39, 0.29) is 28.7 Å². The van der Waals surface area contributed by atoms with E-state index < -0.39 is 26.3 Å². The highest BCUT2D eigenvalue weighted by molar-refractivity contribution is 7.99. The second-order valence-electron chi connectivity index (χ2n) is 6.81. The zero-order chi connectivity index (χ0) is 24.6. The maximum atomic E-state index is 13.3. The molecule has 14 heteroatoms. The Labute approximate surface area is 198 Å². The number of halogens is 3. The van der Waals surface area contributed by atoms with E-state index >= 15 is 0 Å². The molecule has 0 aliphatic rings. The molecule has 2 aromatic rings. The van der Waals surface area contributed by atoms with Crippen LogP contribution in [0.3, 0.4) is 0 Å². The van der Waals surface area contributed by atoms with Gasteiger partial charge in [-0.1, -0.05) is 18.2 Å². The van der Waals surface area contributed by atoms with E-state index in [0.717, 1.165) is 11.0 Å². The van der Waals surface area contributed by atoms with Crippen molar-refractivity contribution in [3.05, 3.63) is 48.5 Å². The van der Waals surface area contributed by atoms with Crippen molar-refractivity contribution in [1.82, 2.24) is 4.90 Å². The number of sulfone groups is 1. The number of nitrogens with one attached hydrogen (secondary N) is 1. The standard InChI is InChI=1S/C19H22F3N3O5S3/c1-25(2)18(26)10-13(12-31-14-6-4-3-5-7-14)24-16-9-8-15(32-30-29-23)11-17(16)33(27,28)19(20,21)22/h3-9,11,13,24H,10,12,23H2,1-2H3/t13-/m1/s1. The lowest BCUT2D eigenvalue weighted by Crippen LogP contribution is -2.33. The third-order valence-corrected chi connectivity index (χ3v) is 7.48. The van der Waals surface area contributed by atoms with Crippen LogP contribution in [0.25, 0.3) is 0 Å². The maximum Gasteiger partial charge on any atom is 0.501 e. The highest BCUT2D eigenvalue weighted by Crippen LogP contribution is 2.37. The minimum atomic E-state index is -5.72. The Morgan fingerprint density at radius 3 is 2.39 bits per heavy atom. The van der Waals surface area contributed by atoms with Crippen LogP contribution in [0.1, 0.15) is 6.42 Å². The van der Waals surface area contributed by atoms with Gasteiger partial charge in [0, 0.05) is 42.1 Å². The molecule has 0 saturated heterocycles. The predicted octanol–water partition coefficient (Wildman–Crippen LogP) is 3.86. The van der Waals surface area contributed by atoms with Crippen LogP contribution in [0.5, 0.6) is 0 Å². The lowest BCUT2D eigenvalue weighted by atomic mass is 10.2. The Bertz CT molecular complexity index is 1040. The van der Waals surface area contributed by atoms with Crippen molar-refractivity contribution in [3.63, 3.8) is 0 Å². The van der Waals surface area contributed by atoms with Crippen molar-refractivity contribution in [1.29, 1.82) is 0 Å². The van der Waals surface area contributed by atoms with Gasteiger partial charge in [-0.25, -0.2) is 8.42 Å². The van der Waals surface area contributed by atoms with Gasteiger partial charge in [0.05, 0.1) is 17.7 Å². The number of amides is 1. The van der Waals surface area contributed by atoms with Gasteiger partial charge in [-0.15, -0.1) is 21.1 Å². The van der Waals surface area contributed by atoms with E-state index in [1.54, 1.807) is 14.1 Å². The molecule has 0 spiro atoms. The molecule has 0 aliphatic heterocycles. The van der Waals surface area contributed by atoms with E-state index in [2.05, 4.69) is 14.6 Å². The minimum absolute atomic E-state index is 0.00778. The minimum Gasteiger partial charge on any atom is -0.380 e. The lowest BCUT2D eigenvalue weighted by molar-refractivity contribution is -0.195. The quantitative estimate of drug-likeness (QED) is 0.196. The van der Waals surface area contributed by atoms with Crippen LogP contribution in [0.15, 0.2) is 63.2 Å². The highest BCUT2D eigenvalue weighted by atomic mass is 32.2. The van der Waals surface area contributed by atoms with E-state index in [0.29, 0.717) is 12.0 Å². The average Bonchev–Trinajstić information content (AvgIpc) is 2.76. The van der Waals surface area contributed by atoms with Gasteiger partial charge in [0.25, 0.3) is 9.84 Å². The van der Waals surface area contributed by atoms with Gasteiger partial charge in [0.1, 0.15) is 4.90 Å². The largest absolute Gasteiger partial charge is 0.501 e. The van der Waals surface area contributed by atoms with Gasteiger partial charge >= 0.3 is 5.51 Å². The van der Waals surface area contributed by atoms with Crippen molar-refractivity contribution in [2.24, 2.45) is 5.90 Å². The zero-order valence-electron chi connectivity index (χ0n) is 17.5. The molecule has 0 saturated carbocycles. The summed E-state index contributed by atoms with van der Waals surface area (Å²) >= 11 is 1.81. The van der Waals surface area contributed by atoms with Crippen molar-refractivity contribution in [2.75, 3.05) is 25.2 Å². The van der Waals surface area contributed by atoms with E-state index in [1.165, 1.54) is 28.8 Å². The normalized spacial score (nSPS) is 12.9. The van der Waals surface area contributed by atoms with Crippen LogP contribution in [-0.4, -0.2) is 50.6 Å². The number of carbonyl (C=O) groups is 1. The van der Waals surface area contributed by atoms with E-state index in [9.17, 15) is 26.4 Å². The number of carbonyl (C=O) groups excluding carboxylic acids is 1. The first-order valence-corrected chi connectivity index (χ1v) is 12.5. The first-order chi connectivity index (χ1) is 15.5. The Hall–Kier alpha value is -1.97. The molecule has 0 bridgehead atoms. The van der Waals surface area contributed by atoms with Gasteiger partial charge < -0.3 is 10.2 Å². The topological polar surface area (TPSA) is 111 Å². The number of nitrogens with zero attached hydrogens (tertiary/aromatic N) is 1. The molecule has 2 rings (SSSR count). The SMILES string of the molecule is CN(C)C(=O)C[C@H](CSc1ccccc1)Nc1ccc(SOON)cc1S(=O)(=O)C(F)(F)F. The summed E-state index contributed by atoms with van der Waals surface area (Å²) in [6.07, 6.45) is -0.0705. The fourth-order valence-electron chi connectivity index (χ4n) is 2.56. The average molecular weight is 526 g/mol. The number of thioether (sulfide) groups is 1. The van der Waals surface area contributed by atoms with Crippen LogP contribution < -0.4 is 11.2 Å². The summed E-state index contributed by atoms with van der Waals surface area (Å²) in [7, 11) is -2.62. The van der Waals surface area contributed by atoms with E-state index in [4.69, 9.17) is 5.90 Å². The number of hydrogen-bond acceptors (Lipinski definition) is 9. The highest BCUT2D eigenvalue weighted by Gasteiger charge is 2.48. The first-order valence-electron chi connectivity index (χ1n) is 9.25. The van der Waals surface area contributed by atoms with Crippen molar-refractivity contribution in [2.45, 2.75) is 32.7 Å². The molecule has 0 fully saturated rings. The fraction of sp³-hybridized carbons (Fsp3) is 0.316. The first kappa shape index (κ1) is 27.3. The number of nitrogens with two attached hydrogens (primary N) is 1. The lowest BCUT2D eigenvalue weighted by Gasteiger charge is -2.23. The number of benzene rings is 2. The Morgan fingerprint density at radius 2 is 1.82 bits per heavy atom. The number of anilines is 1. The van der Waals surface area contributed by atoms with Gasteiger partial charge in [-0.3, -0.25) is 4.79 Å². The second kappa shape index (κ2) is 11.9. The molecule has 0 aromatic heterocycles. The molecular weight excluding hydrogens is 503 g/mol. The van der Waals surface area contributed by atoms with Crippen LogP contribution in [-0.2, 0) is 24.0 Å². The monoisotopic (exact) mass is 525 g/mol. The Balaban J connectivity index is 2.40. The number of alkyl halides is 3. The summed E-state index contributed by atoms with van der Waals surface area (Å²) in [6, 6.07) is 11.8. The summed E-state index contributed by atoms with van der Waals surface area (Å²) in [4.78, 5) is 17.4. The number of rotatable bonds is 11. The molecule has 3 N–H and O–H groups in total. The third kappa shape index (κ3) is 7.79. The molecule has 0 unspecified atom stereocenters. The van der Waals surface area contributed by atoms with Crippen LogP contribution in [0.2, 0.25) is 0 Å². The Morgan fingerprint density at radius 1 is 1.15 bits per heavy atom. The van der Waals surface area contributed by atoms with Crippen LogP contribution in [0, 0.1) is 0 Å². The van der Waals surface area contributed by atoms with Crippen molar-refractivity contribution < 1.29 is 35.7 Å². The number of hydrogen-bond donors (Lipinski definition) is 2. The second-order valence-corrected chi connectivity index (χ2v) is 10.6. The fourth-order valence-corrected chi connectivity index (χ4v) is 4.93. The predicted molar refractivity (Wildman–Crippen MR) is 120 cm³/mol. The van der Waals surface area contributed by atoms with Gasteiger partial charge in [0.2, 0.25) is 5.91 Å². The van der Waals surface area contributed by atoms with E-state index in [1.807, 2.05) is 30.3 Å². The summed E-state index contributed by atoms with van der Waals surface area (Å²) in [5, 5.41) is 2.81. The molecule has 0 radical (unpaired) electrons. The Kier molecular flexibility index (Phi) is 9.87. The maximum absolute atomic E-state index is 13.3. The summed E-state index contributed by atoms with van der Waals surface area (Å²) < 4.78 is 68.9.